The van der Waals surface area contributed by atoms with Crippen molar-refractivity contribution >= 4 is 11.8 Å². The molecule has 2 N–H and O–H groups in total. The summed E-state index contributed by atoms with van der Waals surface area (Å²) in [5.74, 6) is 3.08. The first kappa shape index (κ1) is 17.8. The van der Waals surface area contributed by atoms with E-state index in [1.165, 1.54) is 25.7 Å². The molecule has 2 aromatic carbocycles. The van der Waals surface area contributed by atoms with Crippen molar-refractivity contribution in [3.8, 4) is 22.8 Å². The van der Waals surface area contributed by atoms with Gasteiger partial charge in [0.2, 0.25) is 12.7 Å². The van der Waals surface area contributed by atoms with Crippen LogP contribution in [-0.2, 0) is 6.54 Å². The zero-order chi connectivity index (χ0) is 19.5. The van der Waals surface area contributed by atoms with Gasteiger partial charge in [0.1, 0.15) is 5.82 Å². The van der Waals surface area contributed by atoms with Gasteiger partial charge in [0.25, 0.3) is 0 Å². The van der Waals surface area contributed by atoms with E-state index in [9.17, 15) is 0 Å². The van der Waals surface area contributed by atoms with E-state index in [0.29, 0.717) is 18.5 Å². The van der Waals surface area contributed by atoms with Gasteiger partial charge in [-0.25, -0.2) is 4.98 Å². The van der Waals surface area contributed by atoms with Gasteiger partial charge in [0, 0.05) is 24.2 Å². The molecule has 0 radical (unpaired) electrons. The first-order valence-electron chi connectivity index (χ1n) is 10.2. The minimum absolute atomic E-state index is 0.286. The van der Waals surface area contributed by atoms with E-state index in [-0.39, 0.29) is 6.79 Å². The number of aromatic nitrogens is 2. The summed E-state index contributed by atoms with van der Waals surface area (Å²) in [5.41, 5.74) is 3.10. The van der Waals surface area contributed by atoms with Crippen LogP contribution in [0.15, 0.2) is 54.6 Å². The Morgan fingerprint density at radius 1 is 0.897 bits per heavy atom. The Morgan fingerprint density at radius 3 is 2.59 bits per heavy atom. The molecule has 1 aromatic heterocycles. The van der Waals surface area contributed by atoms with Gasteiger partial charge in [-0.1, -0.05) is 49.2 Å². The van der Waals surface area contributed by atoms with E-state index in [1.54, 1.807) is 0 Å². The van der Waals surface area contributed by atoms with Crippen molar-refractivity contribution in [1.29, 1.82) is 0 Å². The van der Waals surface area contributed by atoms with Crippen molar-refractivity contribution in [2.75, 3.05) is 17.4 Å². The second-order valence-corrected chi connectivity index (χ2v) is 7.49. The normalized spacial score (nSPS) is 15.4. The van der Waals surface area contributed by atoms with Crippen molar-refractivity contribution in [1.82, 2.24) is 9.97 Å². The summed E-state index contributed by atoms with van der Waals surface area (Å²) in [6.07, 6.45) is 4.90. The van der Waals surface area contributed by atoms with E-state index in [4.69, 9.17) is 19.4 Å². The van der Waals surface area contributed by atoms with E-state index < -0.39 is 0 Å². The minimum atomic E-state index is 0.286. The lowest BCUT2D eigenvalue weighted by Gasteiger charge is -2.15. The number of hydrogen-bond donors (Lipinski definition) is 2. The lowest BCUT2D eigenvalue weighted by atomic mass is 10.1. The zero-order valence-electron chi connectivity index (χ0n) is 16.2. The van der Waals surface area contributed by atoms with Gasteiger partial charge in [-0.2, -0.15) is 4.98 Å². The molecule has 5 rings (SSSR count). The average molecular weight is 388 g/mol. The second kappa shape index (κ2) is 7.99. The molecule has 2 heterocycles. The second-order valence-electron chi connectivity index (χ2n) is 7.49. The van der Waals surface area contributed by atoms with Crippen LogP contribution in [0.5, 0.6) is 11.5 Å². The Hall–Kier alpha value is -3.28. The Balaban J connectivity index is 1.38. The van der Waals surface area contributed by atoms with E-state index in [0.717, 1.165) is 34.1 Å². The molecule has 6 heteroatoms. The summed E-state index contributed by atoms with van der Waals surface area (Å²) in [5, 5.41) is 6.96. The lowest BCUT2D eigenvalue weighted by molar-refractivity contribution is 0.174. The molecule has 1 aliphatic carbocycles. The Kier molecular flexibility index (Phi) is 4.90. The zero-order valence-corrected chi connectivity index (χ0v) is 16.2. The molecular weight excluding hydrogens is 364 g/mol. The summed E-state index contributed by atoms with van der Waals surface area (Å²) in [6, 6.07) is 18.7. The maximum atomic E-state index is 5.48. The molecule has 29 heavy (non-hydrogen) atoms. The maximum Gasteiger partial charge on any atom is 0.231 e. The average Bonchev–Trinajstić information content (AvgIpc) is 3.44. The van der Waals surface area contributed by atoms with E-state index in [2.05, 4.69) is 22.8 Å². The maximum absolute atomic E-state index is 5.48. The molecular formula is C23H24N4O2. The number of anilines is 2. The first-order valence-corrected chi connectivity index (χ1v) is 10.2. The molecule has 0 bridgehead atoms. The van der Waals surface area contributed by atoms with Crippen LogP contribution in [0.4, 0.5) is 11.8 Å². The lowest BCUT2D eigenvalue weighted by Crippen LogP contribution is -2.17. The van der Waals surface area contributed by atoms with Gasteiger partial charge in [0.15, 0.2) is 11.5 Å². The number of hydrogen-bond acceptors (Lipinski definition) is 6. The van der Waals surface area contributed by atoms with Crippen molar-refractivity contribution in [2.24, 2.45) is 0 Å². The minimum Gasteiger partial charge on any atom is -0.454 e. The van der Waals surface area contributed by atoms with Crippen LogP contribution < -0.4 is 20.1 Å². The Morgan fingerprint density at radius 2 is 1.72 bits per heavy atom. The number of benzene rings is 2. The number of ether oxygens (including phenoxy) is 2. The van der Waals surface area contributed by atoms with Gasteiger partial charge >= 0.3 is 0 Å². The third kappa shape index (κ3) is 4.11. The summed E-state index contributed by atoms with van der Waals surface area (Å²) in [6.45, 7) is 0.930. The van der Waals surface area contributed by atoms with Crippen LogP contribution in [0.1, 0.15) is 31.2 Å². The van der Waals surface area contributed by atoms with Crippen LogP contribution in [0.25, 0.3) is 11.3 Å². The van der Waals surface area contributed by atoms with E-state index >= 15 is 0 Å². The third-order valence-electron chi connectivity index (χ3n) is 5.39. The topological polar surface area (TPSA) is 68.3 Å². The highest BCUT2D eigenvalue weighted by molar-refractivity contribution is 5.64. The largest absolute Gasteiger partial charge is 0.454 e. The molecule has 0 amide bonds. The molecule has 0 saturated heterocycles. The summed E-state index contributed by atoms with van der Waals surface area (Å²) in [7, 11) is 0. The quantitative estimate of drug-likeness (QED) is 0.630. The van der Waals surface area contributed by atoms with Crippen LogP contribution in [0.3, 0.4) is 0 Å². The molecule has 3 aromatic rings. The fourth-order valence-electron chi connectivity index (χ4n) is 3.86. The van der Waals surface area contributed by atoms with Crippen molar-refractivity contribution in [3.63, 3.8) is 0 Å². The molecule has 6 nitrogen and oxygen atoms in total. The number of fused-ring (bicyclic) bond motifs is 1. The van der Waals surface area contributed by atoms with Gasteiger partial charge in [-0.3, -0.25) is 0 Å². The number of nitrogens with zero attached hydrogens (tertiary/aromatic N) is 2. The summed E-state index contributed by atoms with van der Waals surface area (Å²) in [4.78, 5) is 9.49. The van der Waals surface area contributed by atoms with Crippen LogP contribution in [0, 0.1) is 0 Å². The molecule has 148 valence electrons. The summed E-state index contributed by atoms with van der Waals surface area (Å²) < 4.78 is 10.9. The van der Waals surface area contributed by atoms with Crippen molar-refractivity contribution in [2.45, 2.75) is 38.3 Å². The molecule has 0 unspecified atom stereocenters. The third-order valence-corrected chi connectivity index (χ3v) is 5.39. The fraction of sp³-hybridized carbons (Fsp3) is 0.304. The van der Waals surface area contributed by atoms with Crippen molar-refractivity contribution < 1.29 is 9.47 Å². The Labute approximate surface area is 170 Å². The van der Waals surface area contributed by atoms with Gasteiger partial charge in [0.05, 0.1) is 5.69 Å². The molecule has 0 atom stereocenters. The fourth-order valence-corrected chi connectivity index (χ4v) is 3.86. The predicted molar refractivity (Wildman–Crippen MR) is 113 cm³/mol. The monoisotopic (exact) mass is 388 g/mol. The molecule has 2 aliphatic rings. The van der Waals surface area contributed by atoms with Crippen LogP contribution >= 0.6 is 0 Å². The highest BCUT2D eigenvalue weighted by atomic mass is 16.7. The van der Waals surface area contributed by atoms with Gasteiger partial charge in [-0.05, 0) is 30.5 Å². The highest BCUT2D eigenvalue weighted by Gasteiger charge is 2.17. The predicted octanol–water partition coefficient (Wildman–Crippen LogP) is 4.84. The molecule has 1 saturated carbocycles. The molecule has 1 aliphatic heterocycles. The van der Waals surface area contributed by atoms with Crippen molar-refractivity contribution in [3.05, 3.63) is 60.2 Å². The molecule has 1 fully saturated rings. The molecule has 0 spiro atoms. The Bertz CT molecular complexity index is 987. The number of rotatable bonds is 6. The van der Waals surface area contributed by atoms with Crippen LogP contribution in [0.2, 0.25) is 0 Å². The van der Waals surface area contributed by atoms with Crippen LogP contribution in [-0.4, -0.2) is 22.8 Å². The van der Waals surface area contributed by atoms with E-state index in [1.807, 2.05) is 42.5 Å². The smallest absolute Gasteiger partial charge is 0.231 e. The SMILES string of the molecule is c1ccc(-c2cc(NCc3ccc4c(c3)OCO4)nc(NC3CCCC3)n2)cc1. The van der Waals surface area contributed by atoms with Gasteiger partial charge < -0.3 is 20.1 Å². The number of nitrogens with one attached hydrogen (secondary N) is 2. The van der Waals surface area contributed by atoms with Gasteiger partial charge in [-0.15, -0.1) is 0 Å². The summed E-state index contributed by atoms with van der Waals surface area (Å²) >= 11 is 0. The first-order chi connectivity index (χ1) is 14.3. The standard InChI is InChI=1S/C23H24N4O2/c1-2-6-17(7-3-1)19-13-22(27-23(26-19)25-18-8-4-5-9-18)24-14-16-10-11-20-21(12-16)29-15-28-20/h1-3,6-7,10-13,18H,4-5,8-9,14-15H2,(H2,24,25,26,27). The highest BCUT2D eigenvalue weighted by Crippen LogP contribution is 2.33.